The van der Waals surface area contributed by atoms with Gasteiger partial charge in [-0.2, -0.15) is 0 Å². The molecule has 2 N–H and O–H groups in total. The van der Waals surface area contributed by atoms with E-state index in [1.807, 2.05) is 18.2 Å². The van der Waals surface area contributed by atoms with E-state index in [1.54, 1.807) is 24.3 Å². The summed E-state index contributed by atoms with van der Waals surface area (Å²) < 4.78 is 6.16. The fraction of sp³-hybridized carbons (Fsp3) is 0.364. The average Bonchev–Trinajstić information content (AvgIpc) is 3.46. The molecule has 0 aromatic heterocycles. The zero-order valence-electron chi connectivity index (χ0n) is 30.7. The van der Waals surface area contributed by atoms with Gasteiger partial charge in [-0.15, -0.1) is 0 Å². The summed E-state index contributed by atoms with van der Waals surface area (Å²) in [6.45, 7) is 7.17. The van der Waals surface area contributed by atoms with E-state index in [2.05, 4.69) is 68.5 Å². The number of anilines is 2. The van der Waals surface area contributed by atoms with Crippen molar-refractivity contribution in [2.75, 3.05) is 62.2 Å². The number of phenols is 1. The minimum absolute atomic E-state index is 0.101. The first-order chi connectivity index (χ1) is 26.8. The molecule has 5 aliphatic heterocycles. The number of piperidine rings is 2. The van der Waals surface area contributed by atoms with Crippen LogP contribution in [-0.4, -0.2) is 97.0 Å². The minimum Gasteiger partial charge on any atom is -0.508 e. The summed E-state index contributed by atoms with van der Waals surface area (Å²) in [5.74, 6) is -0.0393. The van der Waals surface area contributed by atoms with Crippen molar-refractivity contribution in [3.63, 3.8) is 0 Å². The van der Waals surface area contributed by atoms with Crippen LogP contribution in [0, 0.1) is 5.92 Å². The van der Waals surface area contributed by atoms with E-state index in [0.29, 0.717) is 23.7 Å². The molecule has 11 heteroatoms. The number of piperazine rings is 1. The second-order valence-corrected chi connectivity index (χ2v) is 15.5. The number of phenolic OH excluding ortho intramolecular Hbond substituents is 1. The van der Waals surface area contributed by atoms with Crippen molar-refractivity contribution in [1.82, 2.24) is 15.1 Å². The maximum Gasteiger partial charge on any atom is 0.262 e. The standard InChI is InChI=1S/C44H45N5O6/c50-33-11-13-35-39(25-33)55-27-37(29-4-2-1-3-5-29)41(35)30-6-8-31(9-7-30)47-18-16-28(17-19-47)26-46-20-22-48(23-21-46)32-10-12-34-36(24-32)44(54)49(43(34)53)38-14-15-40(51)45-42(38)52/h1-13,24-25,28,37-38,41,50H,14-23,26-27H2,(H,45,51,52)/t37-,38?,41-/m0/s1. The van der Waals surface area contributed by atoms with Crippen molar-refractivity contribution in [2.45, 2.75) is 43.6 Å². The highest BCUT2D eigenvalue weighted by atomic mass is 16.5. The predicted octanol–water partition coefficient (Wildman–Crippen LogP) is 5.14. The number of amides is 4. The quantitative estimate of drug-likeness (QED) is 0.248. The molecule has 3 fully saturated rings. The SMILES string of the molecule is O=C1CCC(N2C(=O)c3ccc(N4CCN(CC5CCN(c6ccc([C@H]7c8ccc(O)cc8OC[C@H]7c7ccccc7)cc6)CC5)CC4)cc3C2=O)C(=O)N1. The second-order valence-electron chi connectivity index (χ2n) is 15.5. The van der Waals surface area contributed by atoms with Gasteiger partial charge in [0.2, 0.25) is 11.8 Å². The van der Waals surface area contributed by atoms with E-state index in [-0.39, 0.29) is 36.3 Å². The van der Waals surface area contributed by atoms with Crippen LogP contribution in [0.25, 0.3) is 0 Å². The number of ether oxygens (including phenoxy) is 1. The first kappa shape index (κ1) is 35.0. The van der Waals surface area contributed by atoms with E-state index in [9.17, 15) is 24.3 Å². The number of hydrogen-bond acceptors (Lipinski definition) is 9. The van der Waals surface area contributed by atoms with E-state index in [0.717, 1.165) is 80.6 Å². The van der Waals surface area contributed by atoms with E-state index < -0.39 is 23.8 Å². The molecule has 282 valence electrons. The van der Waals surface area contributed by atoms with Crippen LogP contribution < -0.4 is 19.9 Å². The van der Waals surface area contributed by atoms with Crippen LogP contribution in [0.3, 0.4) is 0 Å². The highest BCUT2D eigenvalue weighted by molar-refractivity contribution is 6.23. The summed E-state index contributed by atoms with van der Waals surface area (Å²) in [7, 11) is 0. The van der Waals surface area contributed by atoms with E-state index >= 15 is 0 Å². The molecule has 5 aliphatic rings. The smallest absolute Gasteiger partial charge is 0.262 e. The van der Waals surface area contributed by atoms with Gasteiger partial charge in [0, 0.05) is 87.1 Å². The Morgan fingerprint density at radius 2 is 1.40 bits per heavy atom. The number of nitrogens with zero attached hydrogens (tertiary/aromatic N) is 4. The van der Waals surface area contributed by atoms with Gasteiger partial charge in [-0.25, -0.2) is 0 Å². The number of hydrogen-bond donors (Lipinski definition) is 2. The number of nitrogens with one attached hydrogen (secondary N) is 1. The third kappa shape index (κ3) is 6.71. The molecule has 9 rings (SSSR count). The van der Waals surface area contributed by atoms with Crippen molar-refractivity contribution in [3.05, 3.63) is 119 Å². The monoisotopic (exact) mass is 739 g/mol. The maximum absolute atomic E-state index is 13.3. The van der Waals surface area contributed by atoms with Gasteiger partial charge in [-0.05, 0) is 72.7 Å². The lowest BCUT2D eigenvalue weighted by molar-refractivity contribution is -0.136. The van der Waals surface area contributed by atoms with Crippen LogP contribution in [0.5, 0.6) is 11.5 Å². The maximum atomic E-state index is 13.3. The Balaban J connectivity index is 0.788. The molecule has 0 spiro atoms. The lowest BCUT2D eigenvalue weighted by Crippen LogP contribution is -2.54. The molecule has 11 nitrogen and oxygen atoms in total. The molecule has 0 bridgehead atoms. The minimum atomic E-state index is -0.962. The Bertz CT molecular complexity index is 2120. The first-order valence-electron chi connectivity index (χ1n) is 19.5. The van der Waals surface area contributed by atoms with Crippen LogP contribution in [0.2, 0.25) is 0 Å². The van der Waals surface area contributed by atoms with Crippen molar-refractivity contribution < 1.29 is 29.0 Å². The molecular weight excluding hydrogens is 695 g/mol. The van der Waals surface area contributed by atoms with Crippen molar-refractivity contribution in [3.8, 4) is 11.5 Å². The molecule has 3 atom stereocenters. The molecule has 1 unspecified atom stereocenters. The van der Waals surface area contributed by atoms with Crippen molar-refractivity contribution in [2.24, 2.45) is 5.92 Å². The molecule has 5 heterocycles. The topological polar surface area (TPSA) is 123 Å². The lowest BCUT2D eigenvalue weighted by atomic mass is 9.76. The summed E-state index contributed by atoms with van der Waals surface area (Å²) >= 11 is 0. The molecular formula is C44H45N5O6. The highest BCUT2D eigenvalue weighted by Gasteiger charge is 2.45. The van der Waals surface area contributed by atoms with E-state index in [1.165, 1.54) is 16.8 Å². The number of benzene rings is 4. The summed E-state index contributed by atoms with van der Waals surface area (Å²) in [4.78, 5) is 58.9. The number of imide groups is 2. The van der Waals surface area contributed by atoms with Gasteiger partial charge in [-0.1, -0.05) is 48.5 Å². The number of fused-ring (bicyclic) bond motifs is 2. The van der Waals surface area contributed by atoms with Crippen molar-refractivity contribution >= 4 is 35.0 Å². The van der Waals surface area contributed by atoms with Gasteiger partial charge < -0.3 is 19.6 Å². The van der Waals surface area contributed by atoms with E-state index in [4.69, 9.17) is 4.74 Å². The van der Waals surface area contributed by atoms with Gasteiger partial charge in [0.15, 0.2) is 0 Å². The normalized spacial score (nSPS) is 23.3. The van der Waals surface area contributed by atoms with Gasteiger partial charge in [0.1, 0.15) is 17.5 Å². The summed E-state index contributed by atoms with van der Waals surface area (Å²) in [5, 5.41) is 12.4. The molecule has 0 radical (unpaired) electrons. The summed E-state index contributed by atoms with van der Waals surface area (Å²) in [6.07, 6.45) is 2.52. The van der Waals surface area contributed by atoms with Crippen LogP contribution in [0.15, 0.2) is 91.0 Å². The number of rotatable bonds is 7. The Morgan fingerprint density at radius 3 is 2.15 bits per heavy atom. The van der Waals surface area contributed by atoms with Gasteiger partial charge in [0.25, 0.3) is 11.8 Å². The van der Waals surface area contributed by atoms with Crippen LogP contribution in [-0.2, 0) is 9.59 Å². The Kier molecular flexibility index (Phi) is 9.25. The predicted molar refractivity (Wildman–Crippen MR) is 208 cm³/mol. The third-order valence-corrected chi connectivity index (χ3v) is 12.3. The largest absolute Gasteiger partial charge is 0.508 e. The van der Waals surface area contributed by atoms with Gasteiger partial charge >= 0.3 is 0 Å². The number of carbonyl (C=O) groups is 4. The summed E-state index contributed by atoms with van der Waals surface area (Å²) in [5.41, 5.74) is 6.38. The van der Waals surface area contributed by atoms with Gasteiger partial charge in [-0.3, -0.25) is 34.3 Å². The number of aromatic hydroxyl groups is 1. The Morgan fingerprint density at radius 1 is 0.691 bits per heavy atom. The average molecular weight is 740 g/mol. The van der Waals surface area contributed by atoms with Gasteiger partial charge in [0.05, 0.1) is 17.7 Å². The molecule has 3 saturated heterocycles. The molecule has 4 aromatic rings. The second kappa shape index (κ2) is 14.5. The zero-order valence-corrected chi connectivity index (χ0v) is 30.7. The highest BCUT2D eigenvalue weighted by Crippen LogP contribution is 2.47. The fourth-order valence-corrected chi connectivity index (χ4v) is 9.27. The van der Waals surface area contributed by atoms with Crippen LogP contribution in [0.1, 0.15) is 74.9 Å². The lowest BCUT2D eigenvalue weighted by Gasteiger charge is -2.40. The third-order valence-electron chi connectivity index (χ3n) is 12.3. The zero-order chi connectivity index (χ0) is 37.6. The Hall–Kier alpha value is -5.68. The van der Waals surface area contributed by atoms with Crippen LogP contribution >= 0.6 is 0 Å². The first-order valence-corrected chi connectivity index (χ1v) is 19.5. The Labute approximate surface area is 320 Å². The molecule has 0 aliphatic carbocycles. The number of carbonyl (C=O) groups excluding carboxylic acids is 4. The molecule has 0 saturated carbocycles. The fourth-order valence-electron chi connectivity index (χ4n) is 9.27. The van der Waals surface area contributed by atoms with Crippen LogP contribution in [0.4, 0.5) is 11.4 Å². The molecule has 55 heavy (non-hydrogen) atoms. The summed E-state index contributed by atoms with van der Waals surface area (Å²) in [6, 6.07) is 29.5. The molecule has 4 amide bonds. The molecule has 4 aromatic carbocycles. The van der Waals surface area contributed by atoms with Crippen molar-refractivity contribution in [1.29, 1.82) is 0 Å².